The van der Waals surface area contributed by atoms with E-state index >= 15 is 0 Å². The number of nitrogens with zero attached hydrogens (tertiary/aromatic N) is 1. The first-order valence-electron chi connectivity index (χ1n) is 11.3. The first-order chi connectivity index (χ1) is 15.3. The summed E-state index contributed by atoms with van der Waals surface area (Å²) < 4.78 is 39.2. The van der Waals surface area contributed by atoms with Crippen LogP contribution in [0.15, 0.2) is 36.4 Å². The van der Waals surface area contributed by atoms with E-state index in [-0.39, 0.29) is 17.0 Å². The molecule has 2 aromatic carbocycles. The Bertz CT molecular complexity index is 1120. The van der Waals surface area contributed by atoms with Crippen molar-refractivity contribution in [3.05, 3.63) is 58.9 Å². The molecule has 0 bridgehead atoms. The van der Waals surface area contributed by atoms with Crippen molar-refractivity contribution in [2.75, 3.05) is 29.0 Å². The van der Waals surface area contributed by atoms with Gasteiger partial charge in [0.05, 0.1) is 17.9 Å². The summed E-state index contributed by atoms with van der Waals surface area (Å²) in [6.07, 6.45) is 3.29. The Morgan fingerprint density at radius 1 is 1.12 bits per heavy atom. The molecule has 1 saturated heterocycles. The molecule has 0 radical (unpaired) electrons. The number of anilines is 2. The maximum atomic E-state index is 14.4. The fourth-order valence-corrected chi connectivity index (χ4v) is 4.57. The Balaban J connectivity index is 1.74. The third kappa shape index (κ3) is 6.47. The SMILES string of the molecule is CC(C(=O)NCc1ccc(C(C)(C)C)cc1N1CCCC1)c1ccc(NS(C)(=O)=O)c(F)c1. The van der Waals surface area contributed by atoms with E-state index in [2.05, 4.69) is 53.9 Å². The summed E-state index contributed by atoms with van der Waals surface area (Å²) in [5.74, 6) is -1.52. The van der Waals surface area contributed by atoms with Crippen LogP contribution >= 0.6 is 0 Å². The summed E-state index contributed by atoms with van der Waals surface area (Å²) >= 11 is 0. The topological polar surface area (TPSA) is 78.5 Å². The first-order valence-corrected chi connectivity index (χ1v) is 13.2. The highest BCUT2D eigenvalue weighted by atomic mass is 32.2. The van der Waals surface area contributed by atoms with Crippen LogP contribution in [0.25, 0.3) is 0 Å². The third-order valence-corrected chi connectivity index (χ3v) is 6.62. The zero-order valence-corrected chi connectivity index (χ0v) is 20.9. The largest absolute Gasteiger partial charge is 0.371 e. The predicted molar refractivity (Wildman–Crippen MR) is 132 cm³/mol. The van der Waals surface area contributed by atoms with Crippen molar-refractivity contribution in [2.45, 2.75) is 58.4 Å². The van der Waals surface area contributed by atoms with Crippen LogP contribution < -0.4 is 14.9 Å². The molecule has 3 rings (SSSR count). The van der Waals surface area contributed by atoms with E-state index in [1.165, 1.54) is 30.5 Å². The van der Waals surface area contributed by atoms with E-state index in [0.29, 0.717) is 12.1 Å². The summed E-state index contributed by atoms with van der Waals surface area (Å²) in [7, 11) is -3.59. The number of amides is 1. The standard InChI is InChI=1S/C25H34FN3O3S/c1-17(18-9-11-22(21(26)14-18)28-33(5,31)32)24(30)27-16-19-8-10-20(25(2,3)4)15-23(19)29-12-6-7-13-29/h8-11,14-15,17,28H,6-7,12-13,16H2,1-5H3,(H,27,30). The molecule has 6 nitrogen and oxygen atoms in total. The van der Waals surface area contributed by atoms with Crippen molar-refractivity contribution in [3.63, 3.8) is 0 Å². The molecule has 0 saturated carbocycles. The lowest BCUT2D eigenvalue weighted by Gasteiger charge is -2.26. The minimum atomic E-state index is -3.59. The summed E-state index contributed by atoms with van der Waals surface area (Å²) in [6, 6.07) is 10.5. The van der Waals surface area contributed by atoms with Crippen molar-refractivity contribution in [1.29, 1.82) is 0 Å². The average Bonchev–Trinajstić information content (AvgIpc) is 3.26. The third-order valence-electron chi connectivity index (χ3n) is 6.03. The highest BCUT2D eigenvalue weighted by molar-refractivity contribution is 7.92. The van der Waals surface area contributed by atoms with Gasteiger partial charge in [-0.15, -0.1) is 0 Å². The number of carbonyl (C=O) groups is 1. The normalized spacial score (nSPS) is 15.4. The van der Waals surface area contributed by atoms with Gasteiger partial charge in [0, 0.05) is 25.3 Å². The van der Waals surface area contributed by atoms with Gasteiger partial charge in [0.1, 0.15) is 5.82 Å². The predicted octanol–water partition coefficient (Wildman–Crippen LogP) is 4.51. The van der Waals surface area contributed by atoms with Gasteiger partial charge in [-0.05, 0) is 60.1 Å². The summed E-state index contributed by atoms with van der Waals surface area (Å²) in [5, 5.41) is 2.99. The van der Waals surface area contributed by atoms with Gasteiger partial charge in [-0.3, -0.25) is 9.52 Å². The monoisotopic (exact) mass is 475 g/mol. The number of nitrogens with one attached hydrogen (secondary N) is 2. The van der Waals surface area contributed by atoms with Gasteiger partial charge in [-0.25, -0.2) is 12.8 Å². The first kappa shape index (κ1) is 25.0. The second-order valence-electron chi connectivity index (χ2n) is 9.84. The molecule has 0 spiro atoms. The van der Waals surface area contributed by atoms with Crippen molar-refractivity contribution >= 4 is 27.3 Å². The molecule has 1 atom stereocenters. The molecule has 1 aliphatic heterocycles. The molecule has 1 unspecified atom stereocenters. The molecule has 1 aliphatic rings. The average molecular weight is 476 g/mol. The van der Waals surface area contributed by atoms with Crippen LogP contribution in [0, 0.1) is 5.82 Å². The Kier molecular flexibility index (Phi) is 7.36. The Labute approximate surface area is 196 Å². The van der Waals surface area contributed by atoms with Crippen LogP contribution in [0.5, 0.6) is 0 Å². The molecule has 33 heavy (non-hydrogen) atoms. The number of carbonyl (C=O) groups excluding carboxylic acids is 1. The van der Waals surface area contributed by atoms with E-state index in [1.807, 2.05) is 0 Å². The molecular weight excluding hydrogens is 441 g/mol. The lowest BCUT2D eigenvalue weighted by molar-refractivity contribution is -0.122. The zero-order valence-electron chi connectivity index (χ0n) is 20.0. The molecule has 2 N–H and O–H groups in total. The number of halogens is 1. The number of benzene rings is 2. The smallest absolute Gasteiger partial charge is 0.229 e. The molecule has 8 heteroatoms. The van der Waals surface area contributed by atoms with Gasteiger partial charge in [-0.1, -0.05) is 39.0 Å². The van der Waals surface area contributed by atoms with Crippen LogP contribution in [0.3, 0.4) is 0 Å². The molecular formula is C25H34FN3O3S. The fraction of sp³-hybridized carbons (Fsp3) is 0.480. The van der Waals surface area contributed by atoms with Crippen molar-refractivity contribution in [1.82, 2.24) is 5.32 Å². The summed E-state index contributed by atoms with van der Waals surface area (Å²) in [4.78, 5) is 15.2. The van der Waals surface area contributed by atoms with Gasteiger partial charge < -0.3 is 10.2 Å². The van der Waals surface area contributed by atoms with Crippen LogP contribution in [0.2, 0.25) is 0 Å². The molecule has 1 fully saturated rings. The molecule has 2 aromatic rings. The molecule has 180 valence electrons. The van der Waals surface area contributed by atoms with Gasteiger partial charge in [0.15, 0.2) is 0 Å². The number of hydrogen-bond acceptors (Lipinski definition) is 4. The second kappa shape index (κ2) is 9.71. The van der Waals surface area contributed by atoms with E-state index in [0.717, 1.165) is 30.6 Å². The number of hydrogen-bond donors (Lipinski definition) is 2. The Hall–Kier alpha value is -2.61. The minimum absolute atomic E-state index is 0.0347. The van der Waals surface area contributed by atoms with Crippen LogP contribution in [-0.4, -0.2) is 33.7 Å². The van der Waals surface area contributed by atoms with E-state index in [4.69, 9.17) is 0 Å². The molecule has 1 heterocycles. The van der Waals surface area contributed by atoms with E-state index in [1.54, 1.807) is 13.0 Å². The van der Waals surface area contributed by atoms with Gasteiger partial charge in [0.25, 0.3) is 0 Å². The van der Waals surface area contributed by atoms with Gasteiger partial charge in [0.2, 0.25) is 15.9 Å². The van der Waals surface area contributed by atoms with E-state index in [9.17, 15) is 17.6 Å². The van der Waals surface area contributed by atoms with E-state index < -0.39 is 21.8 Å². The lowest BCUT2D eigenvalue weighted by Crippen LogP contribution is -2.29. The zero-order chi connectivity index (χ0) is 24.4. The van der Waals surface area contributed by atoms with Gasteiger partial charge >= 0.3 is 0 Å². The highest BCUT2D eigenvalue weighted by Gasteiger charge is 2.22. The van der Waals surface area contributed by atoms with Crippen molar-refractivity contribution in [2.24, 2.45) is 0 Å². The Morgan fingerprint density at radius 2 is 1.79 bits per heavy atom. The maximum Gasteiger partial charge on any atom is 0.229 e. The van der Waals surface area contributed by atoms with Crippen molar-refractivity contribution < 1.29 is 17.6 Å². The molecule has 0 aliphatic carbocycles. The quantitative estimate of drug-likeness (QED) is 0.617. The van der Waals surface area contributed by atoms with Gasteiger partial charge in [-0.2, -0.15) is 0 Å². The number of sulfonamides is 1. The minimum Gasteiger partial charge on any atom is -0.371 e. The fourth-order valence-electron chi connectivity index (χ4n) is 4.00. The summed E-state index contributed by atoms with van der Waals surface area (Å²) in [5.41, 5.74) is 3.85. The van der Waals surface area contributed by atoms with Crippen LogP contribution in [0.1, 0.15) is 63.1 Å². The number of rotatable bonds is 7. The lowest BCUT2D eigenvalue weighted by atomic mass is 9.86. The molecule has 1 amide bonds. The Morgan fingerprint density at radius 3 is 2.36 bits per heavy atom. The maximum absolute atomic E-state index is 14.4. The highest BCUT2D eigenvalue weighted by Crippen LogP contribution is 2.31. The summed E-state index contributed by atoms with van der Waals surface area (Å²) in [6.45, 7) is 10.7. The van der Waals surface area contributed by atoms with Crippen molar-refractivity contribution in [3.8, 4) is 0 Å². The van der Waals surface area contributed by atoms with Crippen LogP contribution in [-0.2, 0) is 26.8 Å². The van der Waals surface area contributed by atoms with Crippen LogP contribution in [0.4, 0.5) is 15.8 Å². The molecule has 0 aromatic heterocycles. The second-order valence-corrected chi connectivity index (χ2v) is 11.6.